The SMILES string of the molecule is COC(=O)Nc1c(CO)ccc(C)c1OC. The first-order valence-corrected chi connectivity index (χ1v) is 4.76. The number of methoxy groups -OCH3 is 2. The zero-order chi connectivity index (χ0) is 12.1. The number of hydrogen-bond acceptors (Lipinski definition) is 4. The summed E-state index contributed by atoms with van der Waals surface area (Å²) in [5.74, 6) is 0.525. The molecule has 0 radical (unpaired) electrons. The molecule has 0 saturated carbocycles. The van der Waals surface area contributed by atoms with Crippen molar-refractivity contribution in [1.29, 1.82) is 0 Å². The predicted octanol–water partition coefficient (Wildman–Crippen LogP) is 1.67. The molecule has 5 heteroatoms. The maximum Gasteiger partial charge on any atom is 0.411 e. The van der Waals surface area contributed by atoms with E-state index in [4.69, 9.17) is 9.84 Å². The maximum absolute atomic E-state index is 11.2. The van der Waals surface area contributed by atoms with Crippen molar-refractivity contribution in [2.75, 3.05) is 19.5 Å². The van der Waals surface area contributed by atoms with Crippen molar-refractivity contribution in [3.63, 3.8) is 0 Å². The average Bonchev–Trinajstić information content (AvgIpc) is 2.29. The summed E-state index contributed by atoms with van der Waals surface area (Å²) in [7, 11) is 2.78. The molecule has 1 aromatic rings. The topological polar surface area (TPSA) is 67.8 Å². The summed E-state index contributed by atoms with van der Waals surface area (Å²) in [4.78, 5) is 11.2. The van der Waals surface area contributed by atoms with Crippen LogP contribution in [0.1, 0.15) is 11.1 Å². The van der Waals surface area contributed by atoms with Crippen LogP contribution in [0.2, 0.25) is 0 Å². The van der Waals surface area contributed by atoms with Gasteiger partial charge in [-0.15, -0.1) is 0 Å². The lowest BCUT2D eigenvalue weighted by atomic mass is 10.1. The molecule has 16 heavy (non-hydrogen) atoms. The van der Waals surface area contributed by atoms with Gasteiger partial charge in [-0.3, -0.25) is 5.32 Å². The van der Waals surface area contributed by atoms with E-state index in [0.717, 1.165) is 5.56 Å². The van der Waals surface area contributed by atoms with Crippen molar-refractivity contribution >= 4 is 11.8 Å². The molecule has 0 atom stereocenters. The number of hydrogen-bond donors (Lipinski definition) is 2. The first-order chi connectivity index (χ1) is 7.63. The molecule has 1 rings (SSSR count). The standard InChI is InChI=1S/C11H15NO4/c1-7-4-5-8(6-13)9(10(7)15-2)12-11(14)16-3/h4-5,13H,6H2,1-3H3,(H,12,14). The minimum atomic E-state index is -0.599. The van der Waals surface area contributed by atoms with E-state index in [9.17, 15) is 4.79 Å². The highest BCUT2D eigenvalue weighted by atomic mass is 16.5. The lowest BCUT2D eigenvalue weighted by molar-refractivity contribution is 0.186. The van der Waals surface area contributed by atoms with Gasteiger partial charge in [0.25, 0.3) is 0 Å². The second kappa shape index (κ2) is 5.37. The summed E-state index contributed by atoms with van der Waals surface area (Å²) in [5, 5.41) is 11.7. The van der Waals surface area contributed by atoms with Gasteiger partial charge in [-0.1, -0.05) is 12.1 Å². The number of aryl methyl sites for hydroxylation is 1. The van der Waals surface area contributed by atoms with Crippen LogP contribution in [-0.4, -0.2) is 25.4 Å². The lowest BCUT2D eigenvalue weighted by Gasteiger charge is -2.15. The Labute approximate surface area is 94.0 Å². The van der Waals surface area contributed by atoms with E-state index in [1.807, 2.05) is 13.0 Å². The second-order valence-corrected chi connectivity index (χ2v) is 3.22. The van der Waals surface area contributed by atoms with Crippen molar-refractivity contribution in [3.8, 4) is 5.75 Å². The molecule has 0 aliphatic carbocycles. The Balaban J connectivity index is 3.19. The molecule has 0 saturated heterocycles. The third-order valence-corrected chi connectivity index (χ3v) is 2.23. The van der Waals surface area contributed by atoms with Crippen LogP contribution in [-0.2, 0) is 11.3 Å². The molecule has 0 bridgehead atoms. The number of anilines is 1. The van der Waals surface area contributed by atoms with Crippen LogP contribution in [0.15, 0.2) is 12.1 Å². The van der Waals surface area contributed by atoms with E-state index in [-0.39, 0.29) is 6.61 Å². The van der Waals surface area contributed by atoms with Gasteiger partial charge in [0.15, 0.2) is 0 Å². The minimum absolute atomic E-state index is 0.185. The van der Waals surface area contributed by atoms with Crippen LogP contribution < -0.4 is 10.1 Å². The lowest BCUT2D eigenvalue weighted by Crippen LogP contribution is -2.14. The van der Waals surface area contributed by atoms with Gasteiger partial charge < -0.3 is 14.6 Å². The van der Waals surface area contributed by atoms with Gasteiger partial charge in [-0.05, 0) is 12.5 Å². The molecule has 1 amide bonds. The Bertz CT molecular complexity index is 390. The molecule has 2 N–H and O–H groups in total. The molecule has 0 aliphatic rings. The second-order valence-electron chi connectivity index (χ2n) is 3.22. The van der Waals surface area contributed by atoms with Gasteiger partial charge in [0.1, 0.15) is 5.75 Å². The largest absolute Gasteiger partial charge is 0.494 e. The van der Waals surface area contributed by atoms with Crippen LogP contribution >= 0.6 is 0 Å². The highest BCUT2D eigenvalue weighted by molar-refractivity contribution is 5.88. The van der Waals surface area contributed by atoms with Gasteiger partial charge in [-0.2, -0.15) is 0 Å². The number of carbonyl (C=O) groups excluding carboxylic acids is 1. The summed E-state index contributed by atoms with van der Waals surface area (Å²) in [6.07, 6.45) is -0.599. The van der Waals surface area contributed by atoms with Gasteiger partial charge in [0.2, 0.25) is 0 Å². The zero-order valence-electron chi connectivity index (χ0n) is 9.53. The predicted molar refractivity (Wildman–Crippen MR) is 59.7 cm³/mol. The van der Waals surface area contributed by atoms with Gasteiger partial charge in [-0.25, -0.2) is 4.79 Å². The highest BCUT2D eigenvalue weighted by Crippen LogP contribution is 2.32. The summed E-state index contributed by atoms with van der Waals surface area (Å²) in [6, 6.07) is 3.54. The molecule has 0 unspecified atom stereocenters. The Morgan fingerprint density at radius 1 is 1.44 bits per heavy atom. The monoisotopic (exact) mass is 225 g/mol. The number of nitrogens with one attached hydrogen (secondary N) is 1. The smallest absolute Gasteiger partial charge is 0.411 e. The summed E-state index contributed by atoms with van der Waals surface area (Å²) in [6.45, 7) is 1.67. The number of carbonyl (C=O) groups is 1. The van der Waals surface area contributed by atoms with Crippen molar-refractivity contribution in [2.24, 2.45) is 0 Å². The van der Waals surface area contributed by atoms with Crippen LogP contribution in [0, 0.1) is 6.92 Å². The molecule has 0 fully saturated rings. The molecular weight excluding hydrogens is 210 g/mol. The molecule has 0 aliphatic heterocycles. The Morgan fingerprint density at radius 3 is 2.62 bits per heavy atom. The molecule has 0 spiro atoms. The summed E-state index contributed by atoms with van der Waals surface area (Å²) >= 11 is 0. The van der Waals surface area contributed by atoms with Crippen LogP contribution in [0.25, 0.3) is 0 Å². The number of benzene rings is 1. The van der Waals surface area contributed by atoms with Crippen LogP contribution in [0.5, 0.6) is 5.75 Å². The number of aliphatic hydroxyl groups is 1. The average molecular weight is 225 g/mol. The van der Waals surface area contributed by atoms with E-state index in [2.05, 4.69) is 10.1 Å². The fourth-order valence-electron chi connectivity index (χ4n) is 1.41. The number of amides is 1. The maximum atomic E-state index is 11.2. The van der Waals surface area contributed by atoms with Crippen molar-refractivity contribution in [2.45, 2.75) is 13.5 Å². The third-order valence-electron chi connectivity index (χ3n) is 2.23. The molecule has 0 aromatic heterocycles. The first-order valence-electron chi connectivity index (χ1n) is 4.76. The van der Waals surface area contributed by atoms with Crippen LogP contribution in [0.4, 0.5) is 10.5 Å². The number of rotatable bonds is 3. The molecule has 0 heterocycles. The Hall–Kier alpha value is -1.75. The van der Waals surface area contributed by atoms with Gasteiger partial charge in [0.05, 0.1) is 26.5 Å². The molecular formula is C11H15NO4. The quantitative estimate of drug-likeness (QED) is 0.821. The Kier molecular flexibility index (Phi) is 4.13. The zero-order valence-corrected chi connectivity index (χ0v) is 9.53. The molecule has 5 nitrogen and oxygen atoms in total. The summed E-state index contributed by atoms with van der Waals surface area (Å²) in [5.41, 5.74) is 1.89. The minimum Gasteiger partial charge on any atom is -0.494 e. The fourth-order valence-corrected chi connectivity index (χ4v) is 1.41. The van der Waals surface area contributed by atoms with Crippen molar-refractivity contribution in [1.82, 2.24) is 0 Å². The van der Waals surface area contributed by atoms with Crippen molar-refractivity contribution in [3.05, 3.63) is 23.3 Å². The normalized spacial score (nSPS) is 9.75. The van der Waals surface area contributed by atoms with E-state index in [0.29, 0.717) is 17.0 Å². The number of ether oxygens (including phenoxy) is 2. The van der Waals surface area contributed by atoms with Gasteiger partial charge in [0, 0.05) is 5.56 Å². The van der Waals surface area contributed by atoms with E-state index >= 15 is 0 Å². The van der Waals surface area contributed by atoms with Crippen molar-refractivity contribution < 1.29 is 19.4 Å². The first kappa shape index (κ1) is 12.3. The molecule has 88 valence electrons. The summed E-state index contributed by atoms with van der Waals surface area (Å²) < 4.78 is 9.69. The number of aliphatic hydroxyl groups excluding tert-OH is 1. The Morgan fingerprint density at radius 2 is 2.12 bits per heavy atom. The fraction of sp³-hybridized carbons (Fsp3) is 0.364. The molecule has 1 aromatic carbocycles. The third kappa shape index (κ3) is 2.43. The van der Waals surface area contributed by atoms with Crippen LogP contribution in [0.3, 0.4) is 0 Å². The van der Waals surface area contributed by atoms with E-state index in [1.165, 1.54) is 14.2 Å². The van der Waals surface area contributed by atoms with E-state index in [1.54, 1.807) is 6.07 Å². The van der Waals surface area contributed by atoms with E-state index < -0.39 is 6.09 Å². The highest BCUT2D eigenvalue weighted by Gasteiger charge is 2.14. The van der Waals surface area contributed by atoms with Gasteiger partial charge >= 0.3 is 6.09 Å².